The second-order valence-electron chi connectivity index (χ2n) is 2.99. The van der Waals surface area contributed by atoms with E-state index in [-0.39, 0.29) is 12.6 Å². The van der Waals surface area contributed by atoms with Crippen molar-refractivity contribution < 1.29 is 13.6 Å². The fourth-order valence-electron chi connectivity index (χ4n) is 1.11. The van der Waals surface area contributed by atoms with Crippen LogP contribution < -0.4 is 11.1 Å². The maximum absolute atomic E-state index is 11.8. The van der Waals surface area contributed by atoms with Gasteiger partial charge in [0.25, 0.3) is 5.91 Å². The molecule has 1 aliphatic rings. The van der Waals surface area contributed by atoms with Crippen molar-refractivity contribution in [3.8, 4) is 0 Å². The first-order chi connectivity index (χ1) is 5.65. The fourth-order valence-corrected chi connectivity index (χ4v) is 1.11. The molecule has 1 rings (SSSR count). The highest BCUT2D eigenvalue weighted by atomic mass is 19.3. The van der Waals surface area contributed by atoms with Gasteiger partial charge in [0.1, 0.15) is 0 Å². The van der Waals surface area contributed by atoms with Gasteiger partial charge in [-0.15, -0.1) is 0 Å². The number of halogens is 2. The lowest BCUT2D eigenvalue weighted by Crippen LogP contribution is -2.44. The van der Waals surface area contributed by atoms with Crippen LogP contribution in [0.4, 0.5) is 8.78 Å². The van der Waals surface area contributed by atoms with Crippen LogP contribution >= 0.6 is 0 Å². The van der Waals surface area contributed by atoms with Crippen molar-refractivity contribution in [1.82, 2.24) is 5.32 Å². The summed E-state index contributed by atoms with van der Waals surface area (Å²) in [5.74, 6) is -0.893. The highest BCUT2D eigenvalue weighted by Crippen LogP contribution is 2.32. The van der Waals surface area contributed by atoms with Crippen LogP contribution in [0, 0.1) is 5.92 Å². The first-order valence-corrected chi connectivity index (χ1v) is 3.93. The lowest BCUT2D eigenvalue weighted by Gasteiger charge is -2.15. The molecule has 0 radical (unpaired) electrons. The molecule has 0 aromatic rings. The number of amides is 1. The summed E-state index contributed by atoms with van der Waals surface area (Å²) in [4.78, 5) is 10.5. The number of carbonyl (C=O) groups excluding carboxylic acids is 1. The molecule has 5 heteroatoms. The van der Waals surface area contributed by atoms with E-state index in [0.717, 1.165) is 12.8 Å². The standard InChI is InChI=1S/C7H12F2N2O/c8-6(9)7(12)11-5(3-10)4-1-2-4/h4-6H,1-3,10H2,(H,11,12). The monoisotopic (exact) mass is 178 g/mol. The lowest BCUT2D eigenvalue weighted by atomic mass is 10.2. The molecule has 0 spiro atoms. The average Bonchev–Trinajstić information content (AvgIpc) is 2.82. The first kappa shape index (κ1) is 9.38. The van der Waals surface area contributed by atoms with Gasteiger partial charge in [-0.25, -0.2) is 0 Å². The highest BCUT2D eigenvalue weighted by Gasteiger charge is 2.32. The Morgan fingerprint density at radius 3 is 2.50 bits per heavy atom. The first-order valence-electron chi connectivity index (χ1n) is 3.93. The average molecular weight is 178 g/mol. The smallest absolute Gasteiger partial charge is 0.315 e. The van der Waals surface area contributed by atoms with E-state index < -0.39 is 12.3 Å². The minimum atomic E-state index is -2.93. The third-order valence-electron chi connectivity index (χ3n) is 1.97. The van der Waals surface area contributed by atoms with E-state index in [0.29, 0.717) is 5.92 Å². The van der Waals surface area contributed by atoms with E-state index in [4.69, 9.17) is 5.73 Å². The molecule has 70 valence electrons. The zero-order chi connectivity index (χ0) is 9.14. The predicted molar refractivity (Wildman–Crippen MR) is 39.7 cm³/mol. The largest absolute Gasteiger partial charge is 0.347 e. The third-order valence-corrected chi connectivity index (χ3v) is 1.97. The number of alkyl halides is 2. The second kappa shape index (κ2) is 3.80. The Morgan fingerprint density at radius 1 is 1.58 bits per heavy atom. The van der Waals surface area contributed by atoms with E-state index in [1.54, 1.807) is 0 Å². The molecule has 0 aliphatic heterocycles. The molecule has 0 saturated heterocycles. The van der Waals surface area contributed by atoms with Gasteiger partial charge in [0.05, 0.1) is 0 Å². The summed E-state index contributed by atoms with van der Waals surface area (Å²) in [5.41, 5.74) is 5.30. The van der Waals surface area contributed by atoms with Crippen LogP contribution in [0.25, 0.3) is 0 Å². The normalized spacial score (nSPS) is 19.3. The molecular formula is C7H12F2N2O. The molecule has 0 bridgehead atoms. The van der Waals surface area contributed by atoms with Gasteiger partial charge in [0.15, 0.2) is 0 Å². The maximum Gasteiger partial charge on any atom is 0.315 e. The fraction of sp³-hybridized carbons (Fsp3) is 0.857. The summed E-state index contributed by atoms with van der Waals surface area (Å²) in [7, 11) is 0. The van der Waals surface area contributed by atoms with E-state index in [1.807, 2.05) is 0 Å². The minimum absolute atomic E-state index is 0.239. The number of hydrogen-bond donors (Lipinski definition) is 2. The van der Waals surface area contributed by atoms with Gasteiger partial charge in [0.2, 0.25) is 0 Å². The molecule has 0 heterocycles. The van der Waals surface area contributed by atoms with Gasteiger partial charge >= 0.3 is 6.43 Å². The molecule has 1 atom stereocenters. The number of nitrogens with two attached hydrogens (primary N) is 1. The summed E-state index contributed by atoms with van der Waals surface area (Å²) < 4.78 is 23.5. The number of carbonyl (C=O) groups is 1. The number of rotatable bonds is 4. The quantitative estimate of drug-likeness (QED) is 0.641. The molecule has 3 N–H and O–H groups in total. The zero-order valence-corrected chi connectivity index (χ0v) is 6.59. The molecular weight excluding hydrogens is 166 g/mol. The van der Waals surface area contributed by atoms with Crippen LogP contribution in [-0.2, 0) is 4.79 Å². The van der Waals surface area contributed by atoms with Crippen molar-refractivity contribution in [3.63, 3.8) is 0 Å². The van der Waals surface area contributed by atoms with E-state index in [9.17, 15) is 13.6 Å². The van der Waals surface area contributed by atoms with Crippen molar-refractivity contribution in [1.29, 1.82) is 0 Å². The molecule has 1 unspecified atom stereocenters. The zero-order valence-electron chi connectivity index (χ0n) is 6.59. The maximum atomic E-state index is 11.8. The Kier molecular flexibility index (Phi) is 2.97. The van der Waals surface area contributed by atoms with Crippen LogP contribution in [0.2, 0.25) is 0 Å². The van der Waals surface area contributed by atoms with Gasteiger partial charge in [-0.3, -0.25) is 4.79 Å². The van der Waals surface area contributed by atoms with Crippen molar-refractivity contribution in [2.75, 3.05) is 6.54 Å². The SMILES string of the molecule is NCC(NC(=O)C(F)F)C1CC1. The molecule has 3 nitrogen and oxygen atoms in total. The van der Waals surface area contributed by atoms with Crippen LogP contribution in [0.3, 0.4) is 0 Å². The van der Waals surface area contributed by atoms with Crippen LogP contribution in [0.15, 0.2) is 0 Å². The highest BCUT2D eigenvalue weighted by molar-refractivity contribution is 5.79. The Balaban J connectivity index is 2.31. The summed E-state index contributed by atoms with van der Waals surface area (Å²) in [6.45, 7) is 0.239. The Bertz CT molecular complexity index is 171. The number of hydrogen-bond acceptors (Lipinski definition) is 2. The van der Waals surface area contributed by atoms with Gasteiger partial charge in [-0.2, -0.15) is 8.78 Å². The summed E-state index contributed by atoms with van der Waals surface area (Å²) in [5, 5.41) is 2.21. The molecule has 1 aliphatic carbocycles. The van der Waals surface area contributed by atoms with Crippen molar-refractivity contribution >= 4 is 5.91 Å². The molecule has 1 saturated carbocycles. The van der Waals surface area contributed by atoms with E-state index in [2.05, 4.69) is 5.32 Å². The van der Waals surface area contributed by atoms with Crippen LogP contribution in [0.1, 0.15) is 12.8 Å². The summed E-state index contributed by atoms with van der Waals surface area (Å²) in [6, 6.07) is -0.258. The van der Waals surface area contributed by atoms with Crippen molar-refractivity contribution in [2.45, 2.75) is 25.3 Å². The van der Waals surface area contributed by atoms with E-state index >= 15 is 0 Å². The third kappa shape index (κ3) is 2.41. The lowest BCUT2D eigenvalue weighted by molar-refractivity contribution is -0.132. The number of nitrogens with one attached hydrogen (secondary N) is 1. The molecule has 0 aromatic carbocycles. The topological polar surface area (TPSA) is 55.1 Å². The van der Waals surface area contributed by atoms with E-state index in [1.165, 1.54) is 0 Å². The molecule has 0 aromatic heterocycles. The minimum Gasteiger partial charge on any atom is -0.347 e. The second-order valence-corrected chi connectivity index (χ2v) is 2.99. The van der Waals surface area contributed by atoms with Crippen molar-refractivity contribution in [3.05, 3.63) is 0 Å². The van der Waals surface area contributed by atoms with Gasteiger partial charge in [-0.1, -0.05) is 0 Å². The van der Waals surface area contributed by atoms with Gasteiger partial charge < -0.3 is 11.1 Å². The van der Waals surface area contributed by atoms with Crippen LogP contribution in [0.5, 0.6) is 0 Å². The molecule has 1 amide bonds. The summed E-state index contributed by atoms with van der Waals surface area (Å²) in [6.07, 6.45) is -0.977. The Hall–Kier alpha value is -0.710. The van der Waals surface area contributed by atoms with Gasteiger partial charge in [-0.05, 0) is 18.8 Å². The molecule has 12 heavy (non-hydrogen) atoms. The summed E-state index contributed by atoms with van der Waals surface area (Å²) >= 11 is 0. The molecule has 1 fully saturated rings. The Labute approximate surface area is 69.3 Å². The Morgan fingerprint density at radius 2 is 2.17 bits per heavy atom. The predicted octanol–water partition coefficient (Wildman–Crippen LogP) is 0.105. The van der Waals surface area contributed by atoms with Crippen molar-refractivity contribution in [2.24, 2.45) is 11.7 Å². The van der Waals surface area contributed by atoms with Crippen LogP contribution in [-0.4, -0.2) is 24.9 Å². The van der Waals surface area contributed by atoms with Gasteiger partial charge in [0, 0.05) is 12.6 Å².